The number of aromatic amines is 1. The van der Waals surface area contributed by atoms with Crippen molar-refractivity contribution in [2.45, 2.75) is 20.4 Å². The van der Waals surface area contributed by atoms with Crippen LogP contribution >= 0.6 is 12.2 Å². The summed E-state index contributed by atoms with van der Waals surface area (Å²) in [6.45, 7) is 5.44. The van der Waals surface area contributed by atoms with E-state index in [2.05, 4.69) is 29.3 Å². The van der Waals surface area contributed by atoms with Crippen LogP contribution < -0.4 is 4.74 Å². The molecule has 2 aromatic carbocycles. The molecule has 0 saturated carbocycles. The predicted molar refractivity (Wildman–Crippen MR) is 110 cm³/mol. The highest BCUT2D eigenvalue weighted by molar-refractivity contribution is 7.71. The van der Waals surface area contributed by atoms with Gasteiger partial charge in [0, 0.05) is 23.1 Å². The lowest BCUT2D eigenvalue weighted by Gasteiger charge is -2.11. The lowest BCUT2D eigenvalue weighted by molar-refractivity contribution is 0.340. The van der Waals surface area contributed by atoms with Crippen LogP contribution in [0.5, 0.6) is 5.75 Å². The first kappa shape index (κ1) is 17.4. The summed E-state index contributed by atoms with van der Waals surface area (Å²) in [5, 5.41) is 8.44. The second-order valence-electron chi connectivity index (χ2n) is 6.13. The number of para-hydroxylation sites is 1. The SMILES string of the molecule is CCOc1ccc(-c2cc(-c3n[nH]c(=S)n3CC)c3ccccc3n2)cc1. The van der Waals surface area contributed by atoms with Gasteiger partial charge in [0.15, 0.2) is 10.6 Å². The van der Waals surface area contributed by atoms with Crippen LogP contribution in [0.25, 0.3) is 33.5 Å². The number of H-pyrrole nitrogens is 1. The Morgan fingerprint density at radius 2 is 1.85 bits per heavy atom. The van der Waals surface area contributed by atoms with Crippen LogP contribution in [0.1, 0.15) is 13.8 Å². The Kier molecular flexibility index (Phi) is 4.73. The lowest BCUT2D eigenvalue weighted by atomic mass is 10.0. The van der Waals surface area contributed by atoms with Crippen molar-refractivity contribution in [1.82, 2.24) is 19.7 Å². The molecule has 0 radical (unpaired) electrons. The molecule has 4 aromatic rings. The van der Waals surface area contributed by atoms with Gasteiger partial charge in [-0.2, -0.15) is 5.10 Å². The molecule has 0 aliphatic rings. The van der Waals surface area contributed by atoms with Gasteiger partial charge in [0.1, 0.15) is 5.75 Å². The molecule has 6 heteroatoms. The summed E-state index contributed by atoms with van der Waals surface area (Å²) in [5.74, 6) is 1.68. The van der Waals surface area contributed by atoms with E-state index >= 15 is 0 Å². The second kappa shape index (κ2) is 7.32. The number of aromatic nitrogens is 4. The molecule has 0 saturated heterocycles. The molecule has 4 rings (SSSR count). The maximum absolute atomic E-state index is 5.54. The van der Waals surface area contributed by atoms with Gasteiger partial charge in [-0.1, -0.05) is 18.2 Å². The van der Waals surface area contributed by atoms with Crippen molar-refractivity contribution in [1.29, 1.82) is 0 Å². The number of hydrogen-bond acceptors (Lipinski definition) is 4. The van der Waals surface area contributed by atoms with E-state index in [1.807, 2.05) is 54.0 Å². The average Bonchev–Trinajstić information content (AvgIpc) is 3.08. The van der Waals surface area contributed by atoms with Gasteiger partial charge < -0.3 is 9.30 Å². The first-order chi connectivity index (χ1) is 13.2. The molecule has 0 bridgehead atoms. The third kappa shape index (κ3) is 3.24. The highest BCUT2D eigenvalue weighted by atomic mass is 32.1. The van der Waals surface area contributed by atoms with Gasteiger partial charge in [-0.3, -0.25) is 5.10 Å². The minimum atomic E-state index is 0.621. The first-order valence-electron chi connectivity index (χ1n) is 9.00. The summed E-state index contributed by atoms with van der Waals surface area (Å²) in [7, 11) is 0. The Morgan fingerprint density at radius 3 is 2.59 bits per heavy atom. The van der Waals surface area contributed by atoms with Crippen LogP contribution in [0.4, 0.5) is 0 Å². The number of benzene rings is 2. The molecule has 0 fully saturated rings. The third-order valence-corrected chi connectivity index (χ3v) is 4.80. The number of nitrogens with zero attached hydrogens (tertiary/aromatic N) is 3. The highest BCUT2D eigenvalue weighted by Gasteiger charge is 2.14. The topological polar surface area (TPSA) is 55.7 Å². The van der Waals surface area contributed by atoms with Crippen molar-refractivity contribution >= 4 is 23.1 Å². The zero-order valence-electron chi connectivity index (χ0n) is 15.3. The highest BCUT2D eigenvalue weighted by Crippen LogP contribution is 2.31. The standard InChI is InChI=1S/C21H20N4OS/c1-3-25-20(23-24-21(25)27)17-13-19(22-18-8-6-5-7-16(17)18)14-9-11-15(12-10-14)26-4-2/h5-13H,3-4H2,1-2H3,(H,24,27). The van der Waals surface area contributed by atoms with Crippen LogP contribution in [-0.4, -0.2) is 26.4 Å². The minimum absolute atomic E-state index is 0.621. The summed E-state index contributed by atoms with van der Waals surface area (Å²) in [4.78, 5) is 4.86. The smallest absolute Gasteiger partial charge is 0.195 e. The van der Waals surface area contributed by atoms with Crippen LogP contribution in [0, 0.1) is 4.77 Å². The van der Waals surface area contributed by atoms with E-state index in [0.29, 0.717) is 11.4 Å². The molecule has 0 aliphatic carbocycles. The van der Waals surface area contributed by atoms with E-state index in [1.165, 1.54) is 0 Å². The predicted octanol–water partition coefficient (Wildman–Crippen LogP) is 5.24. The zero-order chi connectivity index (χ0) is 18.8. The lowest BCUT2D eigenvalue weighted by Crippen LogP contribution is -1.99. The number of nitrogens with one attached hydrogen (secondary N) is 1. The molecule has 0 atom stereocenters. The van der Waals surface area contributed by atoms with Crippen LogP contribution in [0.2, 0.25) is 0 Å². The van der Waals surface area contributed by atoms with E-state index in [1.54, 1.807) is 0 Å². The van der Waals surface area contributed by atoms with Crippen molar-refractivity contribution in [2.75, 3.05) is 6.61 Å². The van der Waals surface area contributed by atoms with Crippen molar-refractivity contribution in [3.63, 3.8) is 0 Å². The zero-order valence-corrected chi connectivity index (χ0v) is 16.1. The Balaban J connectivity index is 1.92. The molecule has 1 N–H and O–H groups in total. The summed E-state index contributed by atoms with van der Waals surface area (Å²) >= 11 is 5.38. The van der Waals surface area contributed by atoms with Crippen molar-refractivity contribution in [2.24, 2.45) is 0 Å². The molecule has 0 spiro atoms. The summed E-state index contributed by atoms with van der Waals surface area (Å²) in [5.41, 5.74) is 3.86. The molecular formula is C21H20N4OS. The van der Waals surface area contributed by atoms with Gasteiger partial charge >= 0.3 is 0 Å². The summed E-state index contributed by atoms with van der Waals surface area (Å²) in [6.07, 6.45) is 0. The van der Waals surface area contributed by atoms with E-state index in [4.69, 9.17) is 21.9 Å². The van der Waals surface area contributed by atoms with Crippen molar-refractivity contribution in [3.05, 3.63) is 59.4 Å². The van der Waals surface area contributed by atoms with Gasteiger partial charge in [-0.25, -0.2) is 4.98 Å². The van der Waals surface area contributed by atoms with Crippen molar-refractivity contribution < 1.29 is 4.74 Å². The summed E-state index contributed by atoms with van der Waals surface area (Å²) in [6, 6.07) is 18.2. The molecule has 0 aliphatic heterocycles. The van der Waals surface area contributed by atoms with Gasteiger partial charge in [-0.05, 0) is 62.5 Å². The third-order valence-electron chi connectivity index (χ3n) is 4.49. The molecule has 0 amide bonds. The van der Waals surface area contributed by atoms with E-state index in [0.717, 1.165) is 45.8 Å². The van der Waals surface area contributed by atoms with Gasteiger partial charge in [-0.15, -0.1) is 0 Å². The molecule has 136 valence electrons. The van der Waals surface area contributed by atoms with E-state index < -0.39 is 0 Å². The molecule has 27 heavy (non-hydrogen) atoms. The number of fused-ring (bicyclic) bond motifs is 1. The Hall–Kier alpha value is -2.99. The van der Waals surface area contributed by atoms with Gasteiger partial charge in [0.2, 0.25) is 0 Å². The Labute approximate surface area is 162 Å². The number of pyridine rings is 1. The molecule has 2 heterocycles. The average molecular weight is 376 g/mol. The minimum Gasteiger partial charge on any atom is -0.494 e. The van der Waals surface area contributed by atoms with Crippen LogP contribution in [0.3, 0.4) is 0 Å². The van der Waals surface area contributed by atoms with Crippen molar-refractivity contribution in [3.8, 4) is 28.4 Å². The second-order valence-corrected chi connectivity index (χ2v) is 6.51. The fraction of sp³-hybridized carbons (Fsp3) is 0.190. The number of hydrogen-bond donors (Lipinski definition) is 1. The van der Waals surface area contributed by atoms with E-state index in [-0.39, 0.29) is 0 Å². The Morgan fingerprint density at radius 1 is 1.07 bits per heavy atom. The monoisotopic (exact) mass is 376 g/mol. The van der Waals surface area contributed by atoms with Crippen LogP contribution in [-0.2, 0) is 6.54 Å². The fourth-order valence-electron chi connectivity index (χ4n) is 3.21. The molecule has 0 unspecified atom stereocenters. The largest absolute Gasteiger partial charge is 0.494 e. The number of ether oxygens (including phenoxy) is 1. The molecule has 2 aromatic heterocycles. The molecule has 5 nitrogen and oxygen atoms in total. The number of rotatable bonds is 5. The fourth-order valence-corrected chi connectivity index (χ4v) is 3.47. The maximum atomic E-state index is 5.54. The Bertz CT molecular complexity index is 1150. The first-order valence-corrected chi connectivity index (χ1v) is 9.40. The van der Waals surface area contributed by atoms with Gasteiger partial charge in [0.25, 0.3) is 0 Å². The maximum Gasteiger partial charge on any atom is 0.195 e. The van der Waals surface area contributed by atoms with Gasteiger partial charge in [0.05, 0.1) is 17.8 Å². The van der Waals surface area contributed by atoms with E-state index in [9.17, 15) is 0 Å². The molecular weight excluding hydrogens is 356 g/mol. The quantitative estimate of drug-likeness (QED) is 0.484. The van der Waals surface area contributed by atoms with Crippen LogP contribution in [0.15, 0.2) is 54.6 Å². The summed E-state index contributed by atoms with van der Waals surface area (Å²) < 4.78 is 8.16. The normalized spacial score (nSPS) is 11.0.